The Morgan fingerprint density at radius 1 is 0.887 bits per heavy atom. The molecule has 6 atom stereocenters. The summed E-state index contributed by atoms with van der Waals surface area (Å²) in [6, 6.07) is 23.5. The van der Waals surface area contributed by atoms with Gasteiger partial charge in [-0.15, -0.1) is 0 Å². The number of hydrogen-bond donors (Lipinski definition) is 5. The first kappa shape index (κ1) is 36.4. The number of aliphatic hydroxyl groups excluding tert-OH is 2. The number of aromatic hydroxyl groups is 2. The fourth-order valence-corrected chi connectivity index (χ4v) is 7.98. The summed E-state index contributed by atoms with van der Waals surface area (Å²) < 4.78 is 18.0. The molecule has 0 radical (unpaired) electrons. The van der Waals surface area contributed by atoms with Crippen molar-refractivity contribution < 1.29 is 54.1 Å². The minimum absolute atomic E-state index is 0.0495. The van der Waals surface area contributed by atoms with Crippen LogP contribution >= 0.6 is 0 Å². The average molecular weight is 724 g/mol. The van der Waals surface area contributed by atoms with Crippen molar-refractivity contribution in [2.24, 2.45) is 0 Å². The maximum Gasteiger partial charge on any atom is 0.202 e. The highest BCUT2D eigenvalue weighted by Crippen LogP contribution is 2.52. The Bertz CT molecular complexity index is 2010. The number of carbonyl (C=O) groups is 3. The number of benzene rings is 4. The van der Waals surface area contributed by atoms with Gasteiger partial charge in [-0.05, 0) is 24.1 Å². The third-order valence-electron chi connectivity index (χ3n) is 10.7. The van der Waals surface area contributed by atoms with E-state index in [0.29, 0.717) is 13.1 Å². The van der Waals surface area contributed by atoms with Gasteiger partial charge in [-0.2, -0.15) is 0 Å². The minimum Gasteiger partial charge on any atom is -0.507 e. The monoisotopic (exact) mass is 723 g/mol. The molecular weight excluding hydrogens is 682 g/mol. The quantitative estimate of drug-likeness (QED) is 0.132. The van der Waals surface area contributed by atoms with Crippen LogP contribution in [0.25, 0.3) is 0 Å². The molecule has 12 heteroatoms. The summed E-state index contributed by atoms with van der Waals surface area (Å²) in [6.45, 7) is 1.64. The predicted octanol–water partition coefficient (Wildman–Crippen LogP) is 3.75. The summed E-state index contributed by atoms with van der Waals surface area (Å²) in [4.78, 5) is 43.0. The number of phenolic OH excluding ortho intramolecular Hbond substituents is 2. The number of aliphatic hydroxyl groups is 3. The van der Waals surface area contributed by atoms with E-state index in [-0.39, 0.29) is 34.4 Å². The van der Waals surface area contributed by atoms with E-state index >= 15 is 0 Å². The molecule has 1 saturated heterocycles. The zero-order valence-electron chi connectivity index (χ0n) is 29.3. The van der Waals surface area contributed by atoms with Gasteiger partial charge in [0.05, 0.1) is 42.1 Å². The second kappa shape index (κ2) is 14.5. The van der Waals surface area contributed by atoms with Gasteiger partial charge in [0.25, 0.3) is 0 Å². The molecule has 0 bridgehead atoms. The lowest BCUT2D eigenvalue weighted by molar-refractivity contribution is -0.259. The van der Waals surface area contributed by atoms with E-state index in [2.05, 4.69) is 4.90 Å². The van der Waals surface area contributed by atoms with Crippen molar-refractivity contribution in [1.82, 2.24) is 4.90 Å². The number of methoxy groups -OCH3 is 1. The fourth-order valence-electron chi connectivity index (χ4n) is 7.98. The lowest BCUT2D eigenvalue weighted by Gasteiger charge is -2.45. The topological polar surface area (TPSA) is 183 Å². The summed E-state index contributed by atoms with van der Waals surface area (Å²) in [6.07, 6.45) is -5.09. The standard InChI is InChI=1S/C41H41NO11/c1-22-36(45)27(42(19-23-10-5-3-6-11-23)20-24-12-7-4-8-13-24)16-31(52-22)53-29-18-41(50,30(44)21-43)17-26-33(29)40(49)35-34(38(26)47)37(46)25-14-9-15-28(51-2)32(25)39(35)48/h3-15,22,27,29,31,36,43,45,47,49-50H,16-21H2,1-2H3/t22?,27?,29-,31?,36?,41-/m0/s1. The number of nitrogens with zero attached hydrogens (tertiary/aromatic N) is 1. The first-order valence-electron chi connectivity index (χ1n) is 17.5. The summed E-state index contributed by atoms with van der Waals surface area (Å²) in [5.41, 5.74) is -1.59. The molecular formula is C41H41NO11. The molecule has 53 heavy (non-hydrogen) atoms. The van der Waals surface area contributed by atoms with Crippen molar-refractivity contribution in [3.05, 3.63) is 123 Å². The molecule has 1 aliphatic heterocycles. The average Bonchev–Trinajstić information content (AvgIpc) is 3.16. The van der Waals surface area contributed by atoms with E-state index in [1.807, 2.05) is 60.7 Å². The minimum atomic E-state index is -2.28. The van der Waals surface area contributed by atoms with Gasteiger partial charge in [0.15, 0.2) is 17.9 Å². The van der Waals surface area contributed by atoms with E-state index < -0.39 is 95.7 Å². The van der Waals surface area contributed by atoms with Gasteiger partial charge >= 0.3 is 0 Å². The van der Waals surface area contributed by atoms with E-state index in [0.717, 1.165) is 11.1 Å². The zero-order chi connectivity index (χ0) is 37.6. The zero-order valence-corrected chi connectivity index (χ0v) is 29.3. The van der Waals surface area contributed by atoms with Crippen LogP contribution in [0.15, 0.2) is 78.9 Å². The maximum absolute atomic E-state index is 14.0. The second-order valence-electron chi connectivity index (χ2n) is 13.9. The van der Waals surface area contributed by atoms with Crippen molar-refractivity contribution in [2.45, 2.75) is 75.5 Å². The maximum atomic E-state index is 14.0. The SMILES string of the molecule is COc1cccc2c1C(=O)c1c(O)c3c(c(O)c1C2=O)C[C@@](O)(C(=O)CO)C[C@@H]3OC1CC(N(Cc2ccccc2)Cc2ccccc2)C(O)C(C)O1. The number of ketones is 3. The molecule has 0 spiro atoms. The Kier molecular flexibility index (Phi) is 9.94. The number of hydrogen-bond acceptors (Lipinski definition) is 12. The number of phenols is 2. The van der Waals surface area contributed by atoms with E-state index in [9.17, 15) is 39.9 Å². The summed E-state index contributed by atoms with van der Waals surface area (Å²) in [5.74, 6) is -3.74. The molecule has 7 rings (SSSR count). The smallest absolute Gasteiger partial charge is 0.202 e. The summed E-state index contributed by atoms with van der Waals surface area (Å²) in [7, 11) is 1.34. The van der Waals surface area contributed by atoms with Gasteiger partial charge in [-0.1, -0.05) is 72.8 Å². The van der Waals surface area contributed by atoms with E-state index in [1.165, 1.54) is 25.3 Å². The van der Waals surface area contributed by atoms with Crippen molar-refractivity contribution in [3.8, 4) is 17.2 Å². The molecule has 3 aliphatic rings. The Morgan fingerprint density at radius 2 is 1.51 bits per heavy atom. The van der Waals surface area contributed by atoms with Crippen molar-refractivity contribution in [2.75, 3.05) is 13.7 Å². The van der Waals surface area contributed by atoms with E-state index in [1.54, 1.807) is 6.92 Å². The highest BCUT2D eigenvalue weighted by atomic mass is 16.7. The molecule has 4 aromatic carbocycles. The molecule has 2 aliphatic carbocycles. The number of fused-ring (bicyclic) bond motifs is 3. The fraction of sp³-hybridized carbons (Fsp3) is 0.341. The molecule has 1 heterocycles. The first-order valence-corrected chi connectivity index (χ1v) is 17.5. The number of rotatable bonds is 10. The third-order valence-corrected chi connectivity index (χ3v) is 10.7. The molecule has 12 nitrogen and oxygen atoms in total. The predicted molar refractivity (Wildman–Crippen MR) is 190 cm³/mol. The van der Waals surface area contributed by atoms with Gasteiger partial charge in [-0.3, -0.25) is 19.3 Å². The van der Waals surface area contributed by atoms with Crippen LogP contribution in [0.3, 0.4) is 0 Å². The Morgan fingerprint density at radius 3 is 2.11 bits per heavy atom. The van der Waals surface area contributed by atoms with Crippen molar-refractivity contribution in [3.63, 3.8) is 0 Å². The molecule has 4 aromatic rings. The Hall–Kier alpha value is -4.95. The molecule has 0 saturated carbocycles. The summed E-state index contributed by atoms with van der Waals surface area (Å²) in [5, 5.41) is 56.6. The Balaban J connectivity index is 1.29. The normalized spacial score (nSPS) is 25.1. The molecule has 5 N–H and O–H groups in total. The number of ether oxygens (including phenoxy) is 3. The Labute approximate surface area is 305 Å². The first-order chi connectivity index (χ1) is 25.4. The highest BCUT2D eigenvalue weighted by Gasteiger charge is 2.50. The largest absolute Gasteiger partial charge is 0.507 e. The van der Waals surface area contributed by atoms with Gasteiger partial charge < -0.3 is 39.7 Å². The molecule has 276 valence electrons. The lowest BCUT2D eigenvalue weighted by Crippen LogP contribution is -2.55. The van der Waals surface area contributed by atoms with Crippen LogP contribution in [-0.2, 0) is 33.8 Å². The van der Waals surface area contributed by atoms with Crippen LogP contribution in [0.5, 0.6) is 17.2 Å². The van der Waals surface area contributed by atoms with Crippen LogP contribution in [0.2, 0.25) is 0 Å². The third kappa shape index (κ3) is 6.52. The van der Waals surface area contributed by atoms with Crippen LogP contribution in [0, 0.1) is 0 Å². The summed E-state index contributed by atoms with van der Waals surface area (Å²) >= 11 is 0. The molecule has 0 aromatic heterocycles. The van der Waals surface area contributed by atoms with Crippen LogP contribution in [0.4, 0.5) is 0 Å². The van der Waals surface area contributed by atoms with E-state index in [4.69, 9.17) is 14.2 Å². The van der Waals surface area contributed by atoms with Gasteiger partial charge in [-0.25, -0.2) is 0 Å². The van der Waals surface area contributed by atoms with Gasteiger partial charge in [0, 0.05) is 55.1 Å². The molecule has 0 amide bonds. The molecule has 1 fully saturated rings. The second-order valence-corrected chi connectivity index (χ2v) is 13.9. The number of Topliss-reactive ketones (excluding diaryl/α,β-unsaturated/α-hetero) is 1. The highest BCUT2D eigenvalue weighted by molar-refractivity contribution is 6.31. The van der Waals surface area contributed by atoms with Crippen LogP contribution in [0.1, 0.15) is 80.0 Å². The number of carbonyl (C=O) groups excluding carboxylic acids is 3. The van der Waals surface area contributed by atoms with Crippen LogP contribution < -0.4 is 4.74 Å². The van der Waals surface area contributed by atoms with Gasteiger partial charge in [0.1, 0.15) is 29.5 Å². The van der Waals surface area contributed by atoms with Crippen LogP contribution in [-0.4, -0.2) is 91.6 Å². The van der Waals surface area contributed by atoms with Crippen molar-refractivity contribution >= 4 is 17.3 Å². The van der Waals surface area contributed by atoms with Gasteiger partial charge in [0.2, 0.25) is 5.78 Å². The lowest BCUT2D eigenvalue weighted by atomic mass is 9.72. The molecule has 4 unspecified atom stereocenters. The van der Waals surface area contributed by atoms with Crippen molar-refractivity contribution in [1.29, 1.82) is 0 Å².